The van der Waals surface area contributed by atoms with Crippen molar-refractivity contribution in [2.24, 2.45) is 5.92 Å². The van der Waals surface area contributed by atoms with Crippen molar-refractivity contribution >= 4 is 23.2 Å². The van der Waals surface area contributed by atoms with Crippen LogP contribution in [0.3, 0.4) is 0 Å². The third kappa shape index (κ3) is 7.25. The van der Waals surface area contributed by atoms with Crippen LogP contribution < -0.4 is 9.64 Å². The summed E-state index contributed by atoms with van der Waals surface area (Å²) >= 11 is 5.85. The average Bonchev–Trinajstić information content (AvgIpc) is 2.61. The van der Waals surface area contributed by atoms with Gasteiger partial charge in [0.1, 0.15) is 18.4 Å². The van der Waals surface area contributed by atoms with Gasteiger partial charge in [-0.25, -0.2) is 0 Å². The van der Waals surface area contributed by atoms with Gasteiger partial charge in [0.25, 0.3) is 0 Å². The highest BCUT2D eigenvalue weighted by molar-refractivity contribution is 6.29. The molecule has 142 valence electrons. The van der Waals surface area contributed by atoms with Gasteiger partial charge in [-0.3, -0.25) is 9.69 Å². The molecule has 4 nitrogen and oxygen atoms in total. The molecule has 5 heteroatoms. The number of unbranched alkanes of at least 4 members (excludes halogenated alkanes) is 1. The lowest BCUT2D eigenvalue weighted by Crippen LogP contribution is -2.35. The summed E-state index contributed by atoms with van der Waals surface area (Å²) in [5.41, 5.74) is 1.84. The molecule has 25 heavy (non-hydrogen) atoms. The van der Waals surface area contributed by atoms with Crippen molar-refractivity contribution in [2.45, 2.75) is 53.4 Å². The van der Waals surface area contributed by atoms with Gasteiger partial charge in [0, 0.05) is 6.61 Å². The molecule has 0 aliphatic heterocycles. The van der Waals surface area contributed by atoms with E-state index >= 15 is 0 Å². The van der Waals surface area contributed by atoms with Gasteiger partial charge in [0.15, 0.2) is 0 Å². The first kappa shape index (κ1) is 21.8. The lowest BCUT2D eigenvalue weighted by atomic mass is 10.1. The number of hydrogen-bond acceptors (Lipinski definition) is 3. The molecule has 0 saturated heterocycles. The Morgan fingerprint density at radius 3 is 2.60 bits per heavy atom. The summed E-state index contributed by atoms with van der Waals surface area (Å²) in [5.74, 6) is 1.03. The summed E-state index contributed by atoms with van der Waals surface area (Å²) < 4.78 is 11.7. The summed E-state index contributed by atoms with van der Waals surface area (Å²) in [4.78, 5) is 14.1. The SMILES string of the molecule is CCCCOc1cccc(CC)c1N(COCCC(C)C)C(=O)CCl. The van der Waals surface area contributed by atoms with Crippen molar-refractivity contribution in [1.82, 2.24) is 0 Å². The van der Waals surface area contributed by atoms with Crippen LogP contribution in [0.15, 0.2) is 18.2 Å². The van der Waals surface area contributed by atoms with Gasteiger partial charge >= 0.3 is 0 Å². The normalized spacial score (nSPS) is 11.0. The quantitative estimate of drug-likeness (QED) is 0.295. The van der Waals surface area contributed by atoms with E-state index < -0.39 is 0 Å². The maximum Gasteiger partial charge on any atom is 0.243 e. The van der Waals surface area contributed by atoms with E-state index in [-0.39, 0.29) is 18.5 Å². The van der Waals surface area contributed by atoms with E-state index in [0.29, 0.717) is 19.1 Å². The lowest BCUT2D eigenvalue weighted by molar-refractivity contribution is -0.117. The second kappa shape index (κ2) is 12.2. The first-order valence-corrected chi connectivity index (χ1v) is 9.77. The minimum Gasteiger partial charge on any atom is -0.491 e. The summed E-state index contributed by atoms with van der Waals surface area (Å²) in [6, 6.07) is 5.89. The summed E-state index contributed by atoms with van der Waals surface area (Å²) in [6.45, 7) is 9.93. The zero-order valence-corrected chi connectivity index (χ0v) is 16.8. The van der Waals surface area contributed by atoms with Crippen LogP contribution in [0.4, 0.5) is 5.69 Å². The molecule has 1 aromatic rings. The highest BCUT2D eigenvalue weighted by Gasteiger charge is 2.22. The van der Waals surface area contributed by atoms with E-state index in [2.05, 4.69) is 27.7 Å². The van der Waals surface area contributed by atoms with Crippen molar-refractivity contribution < 1.29 is 14.3 Å². The minimum absolute atomic E-state index is 0.0833. The maximum atomic E-state index is 12.4. The number of rotatable bonds is 12. The zero-order chi connectivity index (χ0) is 18.7. The Morgan fingerprint density at radius 1 is 1.24 bits per heavy atom. The van der Waals surface area contributed by atoms with Gasteiger partial charge in [-0.1, -0.05) is 46.2 Å². The van der Waals surface area contributed by atoms with E-state index in [1.165, 1.54) is 0 Å². The van der Waals surface area contributed by atoms with Crippen LogP contribution in [-0.4, -0.2) is 31.7 Å². The Labute approximate surface area is 157 Å². The minimum atomic E-state index is -0.174. The summed E-state index contributed by atoms with van der Waals surface area (Å²) in [5, 5.41) is 0. The largest absolute Gasteiger partial charge is 0.491 e. The molecule has 0 saturated carbocycles. The van der Waals surface area contributed by atoms with Gasteiger partial charge in [-0.05, 0) is 36.8 Å². The Hall–Kier alpha value is -1.26. The van der Waals surface area contributed by atoms with Crippen molar-refractivity contribution in [3.63, 3.8) is 0 Å². The summed E-state index contributed by atoms with van der Waals surface area (Å²) in [7, 11) is 0. The molecule has 0 radical (unpaired) electrons. The zero-order valence-electron chi connectivity index (χ0n) is 16.0. The Morgan fingerprint density at radius 2 is 2.00 bits per heavy atom. The maximum absolute atomic E-state index is 12.4. The number of benzene rings is 1. The lowest BCUT2D eigenvalue weighted by Gasteiger charge is -2.27. The van der Waals surface area contributed by atoms with E-state index in [0.717, 1.165) is 42.7 Å². The van der Waals surface area contributed by atoms with Gasteiger partial charge in [0.05, 0.1) is 12.3 Å². The number of aryl methyl sites for hydroxylation is 1. The highest BCUT2D eigenvalue weighted by atomic mass is 35.5. The highest BCUT2D eigenvalue weighted by Crippen LogP contribution is 2.33. The number of para-hydroxylation sites is 1. The molecular weight excluding hydrogens is 338 g/mol. The number of halogens is 1. The number of carbonyl (C=O) groups excluding carboxylic acids is 1. The number of hydrogen-bond donors (Lipinski definition) is 0. The van der Waals surface area contributed by atoms with Crippen molar-refractivity contribution in [3.8, 4) is 5.75 Å². The fourth-order valence-corrected chi connectivity index (χ4v) is 2.55. The van der Waals surface area contributed by atoms with Crippen LogP contribution in [0.25, 0.3) is 0 Å². The molecule has 0 unspecified atom stereocenters. The fourth-order valence-electron chi connectivity index (χ4n) is 2.41. The van der Waals surface area contributed by atoms with Crippen LogP contribution in [-0.2, 0) is 16.0 Å². The second-order valence-electron chi connectivity index (χ2n) is 6.49. The molecule has 0 bridgehead atoms. The Kier molecular flexibility index (Phi) is 10.6. The fraction of sp³-hybridized carbons (Fsp3) is 0.650. The van der Waals surface area contributed by atoms with E-state index in [1.807, 2.05) is 18.2 Å². The molecule has 0 aliphatic carbocycles. The second-order valence-corrected chi connectivity index (χ2v) is 6.76. The number of anilines is 1. The number of carbonyl (C=O) groups is 1. The van der Waals surface area contributed by atoms with Crippen molar-refractivity contribution in [2.75, 3.05) is 30.7 Å². The van der Waals surface area contributed by atoms with E-state index in [4.69, 9.17) is 21.1 Å². The smallest absolute Gasteiger partial charge is 0.243 e. The van der Waals surface area contributed by atoms with Crippen molar-refractivity contribution in [3.05, 3.63) is 23.8 Å². The molecule has 0 spiro atoms. The molecule has 0 fully saturated rings. The van der Waals surface area contributed by atoms with E-state index in [1.54, 1.807) is 4.90 Å². The predicted octanol–water partition coefficient (Wildman–Crippen LogP) is 5.02. The third-order valence-electron chi connectivity index (χ3n) is 3.96. The topological polar surface area (TPSA) is 38.8 Å². The standard InChI is InChI=1S/C20H32ClNO3/c1-5-7-12-25-18-10-8-9-17(6-2)20(18)22(19(23)14-21)15-24-13-11-16(3)4/h8-10,16H,5-7,11-15H2,1-4H3. The molecule has 0 heterocycles. The molecule has 0 N–H and O–H groups in total. The van der Waals surface area contributed by atoms with Gasteiger partial charge in [-0.15, -0.1) is 11.6 Å². The third-order valence-corrected chi connectivity index (χ3v) is 4.19. The van der Waals surface area contributed by atoms with Crippen molar-refractivity contribution in [1.29, 1.82) is 0 Å². The molecule has 0 aromatic heterocycles. The first-order chi connectivity index (χ1) is 12.0. The molecule has 1 amide bonds. The van der Waals surface area contributed by atoms with Gasteiger partial charge in [-0.2, -0.15) is 0 Å². The molecular formula is C20H32ClNO3. The van der Waals surface area contributed by atoms with Crippen LogP contribution >= 0.6 is 11.6 Å². The number of amides is 1. The molecule has 0 aliphatic rings. The monoisotopic (exact) mass is 369 g/mol. The average molecular weight is 370 g/mol. The molecule has 0 atom stereocenters. The first-order valence-electron chi connectivity index (χ1n) is 9.23. The number of alkyl halides is 1. The van der Waals surface area contributed by atoms with Crippen LogP contribution in [0.2, 0.25) is 0 Å². The Balaban J connectivity index is 3.02. The Bertz CT molecular complexity index is 520. The molecule has 1 rings (SSSR count). The van der Waals surface area contributed by atoms with Crippen LogP contribution in [0, 0.1) is 5.92 Å². The molecule has 1 aromatic carbocycles. The number of ether oxygens (including phenoxy) is 2. The predicted molar refractivity (Wildman–Crippen MR) is 105 cm³/mol. The number of nitrogens with zero attached hydrogens (tertiary/aromatic N) is 1. The summed E-state index contributed by atoms with van der Waals surface area (Å²) in [6.07, 6.45) is 3.80. The van der Waals surface area contributed by atoms with Crippen LogP contribution in [0.5, 0.6) is 5.75 Å². The van der Waals surface area contributed by atoms with Gasteiger partial charge in [0.2, 0.25) is 5.91 Å². The van der Waals surface area contributed by atoms with E-state index in [9.17, 15) is 4.79 Å². The van der Waals surface area contributed by atoms with Gasteiger partial charge < -0.3 is 9.47 Å². The van der Waals surface area contributed by atoms with Crippen LogP contribution in [0.1, 0.15) is 52.5 Å².